The summed E-state index contributed by atoms with van der Waals surface area (Å²) in [6.45, 7) is 1.36. The van der Waals surface area contributed by atoms with Crippen LogP contribution < -0.4 is 0 Å². The molecule has 0 heterocycles. The normalized spacial score (nSPS) is 10.2. The smallest absolute Gasteiger partial charge is 0.339 e. The third-order valence-corrected chi connectivity index (χ3v) is 3.01. The molecule has 0 unspecified atom stereocenters. The average molecular weight is 320 g/mol. The molecule has 0 saturated carbocycles. The lowest BCUT2D eigenvalue weighted by molar-refractivity contribution is 0.0442. The summed E-state index contributed by atoms with van der Waals surface area (Å²) >= 11 is 0. The zero-order valence-corrected chi connectivity index (χ0v) is 12.3. The van der Waals surface area contributed by atoms with Crippen molar-refractivity contribution in [1.82, 2.24) is 0 Å². The zero-order valence-electron chi connectivity index (χ0n) is 12.3. The van der Waals surface area contributed by atoms with Gasteiger partial charge in [-0.2, -0.15) is 0 Å². The summed E-state index contributed by atoms with van der Waals surface area (Å²) in [5, 5.41) is 0. The maximum absolute atomic E-state index is 13.5. The highest BCUT2D eigenvalue weighted by atomic mass is 19.1. The molecule has 120 valence electrons. The van der Waals surface area contributed by atoms with Gasteiger partial charge in [-0.25, -0.2) is 18.4 Å². The fourth-order valence-electron chi connectivity index (χ4n) is 1.92. The van der Waals surface area contributed by atoms with Gasteiger partial charge in [0.05, 0.1) is 17.7 Å². The Morgan fingerprint density at radius 3 is 2.17 bits per heavy atom. The summed E-state index contributed by atoms with van der Waals surface area (Å²) in [5.41, 5.74) is -0.0335. The van der Waals surface area contributed by atoms with Gasteiger partial charge in [0, 0.05) is 5.56 Å². The summed E-state index contributed by atoms with van der Waals surface area (Å²) in [6.07, 6.45) is 0. The van der Waals surface area contributed by atoms with Gasteiger partial charge in [-0.05, 0) is 37.3 Å². The molecule has 0 aliphatic carbocycles. The van der Waals surface area contributed by atoms with Crippen molar-refractivity contribution >= 4 is 11.9 Å². The summed E-state index contributed by atoms with van der Waals surface area (Å²) in [5.74, 6) is -2.79. The van der Waals surface area contributed by atoms with E-state index in [9.17, 15) is 18.4 Å². The average Bonchev–Trinajstić information content (AvgIpc) is 2.55. The van der Waals surface area contributed by atoms with E-state index in [1.165, 1.54) is 12.1 Å². The fraction of sp³-hybridized carbons (Fsp3) is 0.176. The Morgan fingerprint density at radius 2 is 1.57 bits per heavy atom. The maximum Gasteiger partial charge on any atom is 0.339 e. The van der Waals surface area contributed by atoms with Crippen molar-refractivity contribution in [3.8, 4) is 0 Å². The van der Waals surface area contributed by atoms with Crippen LogP contribution in [0.25, 0.3) is 0 Å². The molecule has 0 atom stereocenters. The van der Waals surface area contributed by atoms with E-state index in [-0.39, 0.29) is 23.3 Å². The number of esters is 2. The van der Waals surface area contributed by atoms with E-state index in [0.29, 0.717) is 0 Å². The third-order valence-electron chi connectivity index (χ3n) is 3.01. The summed E-state index contributed by atoms with van der Waals surface area (Å²) in [4.78, 5) is 23.9. The number of rotatable bonds is 5. The second kappa shape index (κ2) is 7.49. The molecule has 0 spiro atoms. The monoisotopic (exact) mass is 320 g/mol. The molecule has 0 N–H and O–H groups in total. The van der Waals surface area contributed by atoms with E-state index in [2.05, 4.69) is 0 Å². The largest absolute Gasteiger partial charge is 0.462 e. The number of hydrogen-bond acceptors (Lipinski definition) is 4. The predicted molar refractivity (Wildman–Crippen MR) is 77.9 cm³/mol. The minimum Gasteiger partial charge on any atom is -0.462 e. The molecule has 0 saturated heterocycles. The van der Waals surface area contributed by atoms with Crippen LogP contribution in [-0.2, 0) is 16.1 Å². The van der Waals surface area contributed by atoms with Crippen LogP contribution in [0, 0.1) is 11.6 Å². The second-order valence-corrected chi connectivity index (χ2v) is 4.58. The predicted octanol–water partition coefficient (Wildman–Crippen LogP) is 3.50. The van der Waals surface area contributed by atoms with Gasteiger partial charge >= 0.3 is 11.9 Å². The van der Waals surface area contributed by atoms with Gasteiger partial charge in [0.15, 0.2) is 0 Å². The van der Waals surface area contributed by atoms with Crippen molar-refractivity contribution < 1.29 is 27.8 Å². The van der Waals surface area contributed by atoms with Crippen LogP contribution in [0.15, 0.2) is 42.5 Å². The molecule has 0 bridgehead atoms. The zero-order chi connectivity index (χ0) is 16.8. The van der Waals surface area contributed by atoms with E-state index >= 15 is 0 Å². The molecule has 2 aromatic carbocycles. The molecule has 0 aliphatic rings. The summed E-state index contributed by atoms with van der Waals surface area (Å²) in [6, 6.07) is 8.83. The summed E-state index contributed by atoms with van der Waals surface area (Å²) in [7, 11) is 0. The number of benzene rings is 2. The van der Waals surface area contributed by atoms with Crippen LogP contribution in [0.5, 0.6) is 0 Å². The van der Waals surface area contributed by atoms with Gasteiger partial charge in [0.1, 0.15) is 18.2 Å². The first-order chi connectivity index (χ1) is 11.0. The van der Waals surface area contributed by atoms with Gasteiger partial charge < -0.3 is 9.47 Å². The quantitative estimate of drug-likeness (QED) is 0.791. The van der Waals surface area contributed by atoms with E-state index in [1.807, 2.05) is 0 Å². The van der Waals surface area contributed by atoms with Crippen LogP contribution in [0.1, 0.15) is 33.2 Å². The van der Waals surface area contributed by atoms with Gasteiger partial charge in [-0.3, -0.25) is 0 Å². The van der Waals surface area contributed by atoms with E-state index in [4.69, 9.17) is 9.47 Å². The Labute approximate surface area is 131 Å². The van der Waals surface area contributed by atoms with Gasteiger partial charge in [0.2, 0.25) is 0 Å². The molecule has 2 rings (SSSR count). The van der Waals surface area contributed by atoms with Crippen LogP contribution in [-0.4, -0.2) is 18.5 Å². The number of hydrogen-bond donors (Lipinski definition) is 0. The lowest BCUT2D eigenvalue weighted by Gasteiger charge is -2.09. The summed E-state index contributed by atoms with van der Waals surface area (Å²) < 4.78 is 36.4. The standard InChI is InChI=1S/C17H14F2O4/c1-2-22-16(20)13-5-3-4-6-14(13)17(21)23-10-11-9-12(18)7-8-15(11)19/h3-9H,2,10H2,1H3. The second-order valence-electron chi connectivity index (χ2n) is 4.58. The van der Waals surface area contributed by atoms with Crippen molar-refractivity contribution in [2.75, 3.05) is 6.61 Å². The molecule has 6 heteroatoms. The first-order valence-corrected chi connectivity index (χ1v) is 6.90. The molecule has 23 heavy (non-hydrogen) atoms. The Kier molecular flexibility index (Phi) is 5.41. The molecule has 2 aromatic rings. The van der Waals surface area contributed by atoms with Crippen molar-refractivity contribution in [3.05, 3.63) is 70.8 Å². The van der Waals surface area contributed by atoms with Crippen molar-refractivity contribution in [3.63, 3.8) is 0 Å². The lowest BCUT2D eigenvalue weighted by atomic mass is 10.1. The molecule has 0 radical (unpaired) electrons. The number of ether oxygens (including phenoxy) is 2. The minimum atomic E-state index is -0.822. The highest BCUT2D eigenvalue weighted by molar-refractivity contribution is 6.03. The van der Waals surface area contributed by atoms with Crippen LogP contribution in [0.3, 0.4) is 0 Å². The third kappa shape index (κ3) is 4.12. The fourth-order valence-corrected chi connectivity index (χ4v) is 1.92. The van der Waals surface area contributed by atoms with Crippen molar-refractivity contribution in [2.24, 2.45) is 0 Å². The van der Waals surface area contributed by atoms with Gasteiger partial charge in [-0.15, -0.1) is 0 Å². The Hall–Kier alpha value is -2.76. The van der Waals surface area contributed by atoms with Crippen LogP contribution in [0.2, 0.25) is 0 Å². The first-order valence-electron chi connectivity index (χ1n) is 6.90. The maximum atomic E-state index is 13.5. The van der Waals surface area contributed by atoms with E-state index in [1.54, 1.807) is 19.1 Å². The molecular weight excluding hydrogens is 306 g/mol. The Morgan fingerprint density at radius 1 is 0.957 bits per heavy atom. The van der Waals surface area contributed by atoms with Crippen LogP contribution in [0.4, 0.5) is 8.78 Å². The number of carbonyl (C=O) groups excluding carboxylic acids is 2. The van der Waals surface area contributed by atoms with E-state index in [0.717, 1.165) is 18.2 Å². The SMILES string of the molecule is CCOC(=O)c1ccccc1C(=O)OCc1cc(F)ccc1F. The molecule has 0 amide bonds. The first kappa shape index (κ1) is 16.6. The highest BCUT2D eigenvalue weighted by Crippen LogP contribution is 2.15. The Bertz CT molecular complexity index is 728. The van der Waals surface area contributed by atoms with Crippen molar-refractivity contribution in [1.29, 1.82) is 0 Å². The number of halogens is 2. The van der Waals surface area contributed by atoms with Crippen LogP contribution >= 0.6 is 0 Å². The Balaban J connectivity index is 2.15. The van der Waals surface area contributed by atoms with Gasteiger partial charge in [0.25, 0.3) is 0 Å². The lowest BCUT2D eigenvalue weighted by Crippen LogP contribution is -2.14. The number of carbonyl (C=O) groups is 2. The minimum absolute atomic E-state index is 0.00256. The van der Waals surface area contributed by atoms with Gasteiger partial charge in [-0.1, -0.05) is 12.1 Å². The molecular formula is C17H14F2O4. The molecule has 0 aromatic heterocycles. The molecule has 4 nitrogen and oxygen atoms in total. The molecule has 0 aliphatic heterocycles. The van der Waals surface area contributed by atoms with Crippen molar-refractivity contribution in [2.45, 2.75) is 13.5 Å². The molecule has 0 fully saturated rings. The topological polar surface area (TPSA) is 52.6 Å². The van der Waals surface area contributed by atoms with E-state index < -0.39 is 30.2 Å². The highest BCUT2D eigenvalue weighted by Gasteiger charge is 2.19.